The zero-order valence-corrected chi connectivity index (χ0v) is 9.42. The first kappa shape index (κ1) is 13.1. The van der Waals surface area contributed by atoms with Crippen molar-refractivity contribution in [2.24, 2.45) is 4.99 Å². The molecule has 0 aromatic carbocycles. The van der Waals surface area contributed by atoms with Crippen LogP contribution >= 0.6 is 0 Å². The summed E-state index contributed by atoms with van der Waals surface area (Å²) in [6, 6.07) is 0. The van der Waals surface area contributed by atoms with Gasteiger partial charge in [0.15, 0.2) is 0 Å². The molecule has 0 aliphatic rings. The van der Waals surface area contributed by atoms with Gasteiger partial charge >= 0.3 is 0 Å². The highest BCUT2D eigenvalue weighted by Crippen LogP contribution is 1.95. The van der Waals surface area contributed by atoms with E-state index in [2.05, 4.69) is 23.8 Å². The summed E-state index contributed by atoms with van der Waals surface area (Å²) in [6.07, 6.45) is 9.26. The Morgan fingerprint density at radius 2 is 2.21 bits per heavy atom. The van der Waals surface area contributed by atoms with Gasteiger partial charge in [0, 0.05) is 18.5 Å². The summed E-state index contributed by atoms with van der Waals surface area (Å²) >= 11 is 0. The standard InChI is InChI=1S/C12H22N2/c1-4-7-8-10-13-11-12(6-3)14-9-5-2/h5-6,9,13H,2,4,7-8,10-11H2,1,3H3. The Balaban J connectivity index is 3.54. The van der Waals surface area contributed by atoms with Gasteiger partial charge in [0.05, 0.1) is 0 Å². The number of allylic oxidation sites excluding steroid dienone is 2. The Labute approximate surface area is 87.8 Å². The highest BCUT2D eigenvalue weighted by Gasteiger charge is 1.91. The third-order valence-electron chi connectivity index (χ3n) is 1.94. The molecule has 0 rings (SSSR count). The van der Waals surface area contributed by atoms with Crippen LogP contribution in [0.5, 0.6) is 0 Å². The molecule has 0 aliphatic carbocycles. The summed E-state index contributed by atoms with van der Waals surface area (Å²) in [6.45, 7) is 9.74. The monoisotopic (exact) mass is 194 g/mol. The lowest BCUT2D eigenvalue weighted by Crippen LogP contribution is -2.17. The van der Waals surface area contributed by atoms with Crippen LogP contribution in [-0.4, -0.2) is 19.3 Å². The number of hydrogen-bond acceptors (Lipinski definition) is 2. The third kappa shape index (κ3) is 7.74. The minimum Gasteiger partial charge on any atom is -0.311 e. The van der Waals surface area contributed by atoms with Gasteiger partial charge in [0.2, 0.25) is 0 Å². The Bertz CT molecular complexity index is 192. The van der Waals surface area contributed by atoms with Crippen LogP contribution in [0.3, 0.4) is 0 Å². The van der Waals surface area contributed by atoms with Crippen LogP contribution in [0.2, 0.25) is 0 Å². The quantitative estimate of drug-likeness (QED) is 0.466. The summed E-state index contributed by atoms with van der Waals surface area (Å²) < 4.78 is 0. The molecular formula is C12H22N2. The molecule has 0 aromatic heterocycles. The van der Waals surface area contributed by atoms with E-state index >= 15 is 0 Å². The van der Waals surface area contributed by atoms with Gasteiger partial charge in [-0.3, -0.25) is 4.99 Å². The maximum atomic E-state index is 4.23. The number of nitrogens with zero attached hydrogens (tertiary/aromatic N) is 1. The second kappa shape index (κ2) is 10.2. The Morgan fingerprint density at radius 3 is 2.79 bits per heavy atom. The normalized spacial score (nSPS) is 12.3. The van der Waals surface area contributed by atoms with Crippen molar-refractivity contribution < 1.29 is 0 Å². The molecule has 0 radical (unpaired) electrons. The molecule has 0 saturated carbocycles. The predicted octanol–water partition coefficient (Wildman–Crippen LogP) is 2.93. The average Bonchev–Trinajstić information content (AvgIpc) is 2.22. The molecule has 1 N–H and O–H groups in total. The molecule has 0 atom stereocenters. The maximum Gasteiger partial charge on any atom is 0.0499 e. The smallest absolute Gasteiger partial charge is 0.0499 e. The molecule has 0 spiro atoms. The number of hydrogen-bond donors (Lipinski definition) is 1. The van der Waals surface area contributed by atoms with Gasteiger partial charge in [-0.15, -0.1) is 0 Å². The van der Waals surface area contributed by atoms with E-state index in [0.29, 0.717) is 0 Å². The SMILES string of the molecule is C=CC=NC(=CC)CNCCCCC. The van der Waals surface area contributed by atoms with Crippen molar-refractivity contribution in [1.82, 2.24) is 5.32 Å². The van der Waals surface area contributed by atoms with Gasteiger partial charge in [-0.05, 0) is 19.9 Å². The van der Waals surface area contributed by atoms with E-state index in [9.17, 15) is 0 Å². The first-order valence-electron chi connectivity index (χ1n) is 5.36. The fraction of sp³-hybridized carbons (Fsp3) is 0.583. The Hall–Kier alpha value is -0.890. The van der Waals surface area contributed by atoms with Crippen molar-refractivity contribution >= 4 is 6.21 Å². The lowest BCUT2D eigenvalue weighted by molar-refractivity contribution is 0.638. The largest absolute Gasteiger partial charge is 0.311 e. The van der Waals surface area contributed by atoms with Gasteiger partial charge < -0.3 is 5.32 Å². The van der Waals surface area contributed by atoms with E-state index in [-0.39, 0.29) is 0 Å². The van der Waals surface area contributed by atoms with Crippen LogP contribution < -0.4 is 5.32 Å². The molecule has 0 aromatic rings. The lowest BCUT2D eigenvalue weighted by Gasteiger charge is -2.03. The average molecular weight is 194 g/mol. The fourth-order valence-corrected chi connectivity index (χ4v) is 1.09. The summed E-state index contributed by atoms with van der Waals surface area (Å²) in [4.78, 5) is 4.23. The molecule has 80 valence electrons. The van der Waals surface area contributed by atoms with Crippen molar-refractivity contribution in [1.29, 1.82) is 0 Å². The molecule has 0 amide bonds. The Morgan fingerprint density at radius 1 is 1.43 bits per heavy atom. The first-order valence-corrected chi connectivity index (χ1v) is 5.36. The topological polar surface area (TPSA) is 24.4 Å². The van der Waals surface area contributed by atoms with Crippen molar-refractivity contribution in [3.63, 3.8) is 0 Å². The minimum absolute atomic E-state index is 0.852. The van der Waals surface area contributed by atoms with Crippen LogP contribution in [0.1, 0.15) is 33.1 Å². The van der Waals surface area contributed by atoms with Crippen molar-refractivity contribution in [3.05, 3.63) is 24.4 Å². The molecule has 0 heterocycles. The van der Waals surface area contributed by atoms with Gasteiger partial charge in [-0.1, -0.05) is 38.5 Å². The van der Waals surface area contributed by atoms with Crippen LogP contribution in [0.25, 0.3) is 0 Å². The lowest BCUT2D eigenvalue weighted by atomic mass is 10.2. The van der Waals surface area contributed by atoms with Crippen molar-refractivity contribution in [3.8, 4) is 0 Å². The maximum absolute atomic E-state index is 4.23. The summed E-state index contributed by atoms with van der Waals surface area (Å²) in [7, 11) is 0. The van der Waals surface area contributed by atoms with E-state index < -0.39 is 0 Å². The van der Waals surface area contributed by atoms with E-state index in [1.54, 1.807) is 12.3 Å². The predicted molar refractivity (Wildman–Crippen MR) is 64.8 cm³/mol. The van der Waals surface area contributed by atoms with Gasteiger partial charge in [-0.2, -0.15) is 0 Å². The van der Waals surface area contributed by atoms with E-state index in [0.717, 1.165) is 18.8 Å². The zero-order valence-electron chi connectivity index (χ0n) is 9.42. The second-order valence-corrected chi connectivity index (χ2v) is 3.18. The number of nitrogens with one attached hydrogen (secondary N) is 1. The molecule has 0 aliphatic heterocycles. The van der Waals surface area contributed by atoms with Crippen LogP contribution in [-0.2, 0) is 0 Å². The molecule has 0 unspecified atom stereocenters. The van der Waals surface area contributed by atoms with Crippen LogP contribution in [0.15, 0.2) is 29.4 Å². The van der Waals surface area contributed by atoms with E-state index in [4.69, 9.17) is 0 Å². The molecule has 2 nitrogen and oxygen atoms in total. The summed E-state index contributed by atoms with van der Waals surface area (Å²) in [5.41, 5.74) is 1.07. The summed E-state index contributed by atoms with van der Waals surface area (Å²) in [5, 5.41) is 3.36. The number of rotatable bonds is 8. The van der Waals surface area contributed by atoms with Crippen LogP contribution in [0.4, 0.5) is 0 Å². The van der Waals surface area contributed by atoms with E-state index in [1.807, 2.05) is 13.0 Å². The minimum atomic E-state index is 0.852. The first-order chi connectivity index (χ1) is 6.85. The van der Waals surface area contributed by atoms with Crippen molar-refractivity contribution in [2.75, 3.05) is 13.1 Å². The molecule has 2 heteroatoms. The molecular weight excluding hydrogens is 172 g/mol. The molecule has 0 bridgehead atoms. The molecule has 14 heavy (non-hydrogen) atoms. The highest BCUT2D eigenvalue weighted by molar-refractivity contribution is 5.71. The third-order valence-corrected chi connectivity index (χ3v) is 1.94. The molecule has 0 saturated heterocycles. The van der Waals surface area contributed by atoms with Gasteiger partial charge in [0.1, 0.15) is 0 Å². The second-order valence-electron chi connectivity index (χ2n) is 3.18. The summed E-state index contributed by atoms with van der Waals surface area (Å²) in [5.74, 6) is 0. The van der Waals surface area contributed by atoms with Crippen LogP contribution in [0, 0.1) is 0 Å². The zero-order chi connectivity index (χ0) is 10.6. The fourth-order valence-electron chi connectivity index (χ4n) is 1.09. The molecule has 0 fully saturated rings. The highest BCUT2D eigenvalue weighted by atomic mass is 14.9. The van der Waals surface area contributed by atoms with Gasteiger partial charge in [-0.25, -0.2) is 0 Å². The van der Waals surface area contributed by atoms with E-state index in [1.165, 1.54) is 19.3 Å². The van der Waals surface area contributed by atoms with Gasteiger partial charge in [0.25, 0.3) is 0 Å². The number of aliphatic imine (C=N–C) groups is 1. The van der Waals surface area contributed by atoms with Crippen molar-refractivity contribution in [2.45, 2.75) is 33.1 Å². The Kier molecular flexibility index (Phi) is 9.54. The number of unbranched alkanes of at least 4 members (excludes halogenated alkanes) is 2.